The molecule has 2 aliphatic rings. The third kappa shape index (κ3) is 2.97. The molecule has 5 nitrogen and oxygen atoms in total. The van der Waals surface area contributed by atoms with E-state index in [-0.39, 0.29) is 16.8 Å². The molecule has 0 spiro atoms. The molecule has 0 aliphatic carbocycles. The summed E-state index contributed by atoms with van der Waals surface area (Å²) in [5.74, 6) is -2.27. The van der Waals surface area contributed by atoms with Crippen LogP contribution in [0.1, 0.15) is 34.3 Å². The summed E-state index contributed by atoms with van der Waals surface area (Å²) in [5, 5.41) is 11.4. The Balaban J connectivity index is 1.59. The van der Waals surface area contributed by atoms with Crippen molar-refractivity contribution in [2.75, 3.05) is 23.3 Å². The average Bonchev–Trinajstić information content (AvgIpc) is 2.70. The van der Waals surface area contributed by atoms with Gasteiger partial charge in [-0.3, -0.25) is 10.2 Å². The molecular formula is C22H19F2N3O2. The van der Waals surface area contributed by atoms with E-state index in [1.165, 1.54) is 11.3 Å². The van der Waals surface area contributed by atoms with E-state index in [1.807, 2.05) is 6.07 Å². The molecule has 5 rings (SSSR count). The Bertz CT molecular complexity index is 1220. The SMILES string of the molecule is N=c1oc2c3c4c(cc2cc1C(=O)Nc1ccc(F)cc1F)CCCN4CCC3. The van der Waals surface area contributed by atoms with Gasteiger partial charge in [0.1, 0.15) is 22.8 Å². The van der Waals surface area contributed by atoms with Crippen molar-refractivity contribution < 1.29 is 18.0 Å². The minimum absolute atomic E-state index is 0.0110. The molecule has 3 heterocycles. The Morgan fingerprint density at radius 2 is 1.90 bits per heavy atom. The maximum atomic E-state index is 13.9. The van der Waals surface area contributed by atoms with Gasteiger partial charge in [0.25, 0.3) is 5.91 Å². The summed E-state index contributed by atoms with van der Waals surface area (Å²) >= 11 is 0. The van der Waals surface area contributed by atoms with Crippen molar-refractivity contribution in [1.29, 1.82) is 5.41 Å². The van der Waals surface area contributed by atoms with Crippen molar-refractivity contribution in [3.63, 3.8) is 0 Å². The average molecular weight is 395 g/mol. The summed E-state index contributed by atoms with van der Waals surface area (Å²) in [6.45, 7) is 2.06. The van der Waals surface area contributed by atoms with E-state index < -0.39 is 17.5 Å². The first-order valence-corrected chi connectivity index (χ1v) is 9.70. The Kier molecular flexibility index (Phi) is 4.12. The van der Waals surface area contributed by atoms with E-state index in [0.29, 0.717) is 11.6 Å². The third-order valence-electron chi connectivity index (χ3n) is 5.67. The Hall–Kier alpha value is -3.22. The highest BCUT2D eigenvalue weighted by Gasteiger charge is 2.27. The molecule has 0 unspecified atom stereocenters. The number of nitrogens with zero attached hydrogens (tertiary/aromatic N) is 1. The number of fused-ring (bicyclic) bond motifs is 2. The maximum Gasteiger partial charge on any atom is 0.261 e. The van der Waals surface area contributed by atoms with Gasteiger partial charge in [0.2, 0.25) is 5.55 Å². The topological polar surface area (TPSA) is 69.3 Å². The van der Waals surface area contributed by atoms with Crippen LogP contribution in [0.2, 0.25) is 0 Å². The molecule has 0 atom stereocenters. The highest BCUT2D eigenvalue weighted by molar-refractivity contribution is 6.05. The molecule has 0 radical (unpaired) electrons. The minimum Gasteiger partial charge on any atom is -0.438 e. The Morgan fingerprint density at radius 3 is 2.69 bits per heavy atom. The fourth-order valence-electron chi connectivity index (χ4n) is 4.41. The van der Waals surface area contributed by atoms with Crippen LogP contribution in [0.3, 0.4) is 0 Å². The number of carbonyl (C=O) groups is 1. The molecule has 2 aliphatic heterocycles. The van der Waals surface area contributed by atoms with Crippen LogP contribution in [0, 0.1) is 17.0 Å². The van der Waals surface area contributed by atoms with Crippen LogP contribution in [-0.4, -0.2) is 19.0 Å². The number of carbonyl (C=O) groups excluding carboxylic acids is 1. The molecule has 0 bridgehead atoms. The fourth-order valence-corrected chi connectivity index (χ4v) is 4.41. The van der Waals surface area contributed by atoms with Crippen LogP contribution in [-0.2, 0) is 12.8 Å². The molecule has 3 aromatic rings. The monoisotopic (exact) mass is 395 g/mol. The Labute approximate surface area is 165 Å². The van der Waals surface area contributed by atoms with Crippen LogP contribution in [0.25, 0.3) is 11.0 Å². The number of halogens is 2. The lowest BCUT2D eigenvalue weighted by molar-refractivity contribution is 0.102. The third-order valence-corrected chi connectivity index (χ3v) is 5.67. The minimum atomic E-state index is -0.874. The molecular weight excluding hydrogens is 376 g/mol. The number of anilines is 2. The van der Waals surface area contributed by atoms with Gasteiger partial charge in [-0.2, -0.15) is 0 Å². The quantitative estimate of drug-likeness (QED) is 0.685. The largest absolute Gasteiger partial charge is 0.438 e. The fraction of sp³-hybridized carbons (Fsp3) is 0.273. The van der Waals surface area contributed by atoms with Gasteiger partial charge in [0, 0.05) is 35.8 Å². The standard InChI is InChI=1S/C22H19F2N3O2/c23-14-5-6-18(17(24)11-14)26-22(28)16-10-13-9-12-3-1-7-27-8-2-4-15(19(12)27)20(13)29-21(16)25/h5-6,9-11,25H,1-4,7-8H2,(H,26,28). The van der Waals surface area contributed by atoms with Gasteiger partial charge in [0.15, 0.2) is 0 Å². The zero-order valence-electron chi connectivity index (χ0n) is 15.6. The van der Waals surface area contributed by atoms with Gasteiger partial charge in [-0.05, 0) is 55.5 Å². The molecule has 1 aromatic heterocycles. The first-order valence-electron chi connectivity index (χ1n) is 9.70. The second-order valence-electron chi connectivity index (χ2n) is 7.54. The van der Waals surface area contributed by atoms with Crippen molar-refractivity contribution in [2.24, 2.45) is 0 Å². The Morgan fingerprint density at radius 1 is 1.10 bits per heavy atom. The zero-order chi connectivity index (χ0) is 20.1. The molecule has 29 heavy (non-hydrogen) atoms. The summed E-state index contributed by atoms with van der Waals surface area (Å²) in [6, 6.07) is 6.57. The predicted molar refractivity (Wildman–Crippen MR) is 105 cm³/mol. The highest BCUT2D eigenvalue weighted by atomic mass is 19.1. The second kappa shape index (κ2) is 6.69. The molecule has 148 valence electrons. The summed E-state index contributed by atoms with van der Waals surface area (Å²) in [5.41, 5.74) is 3.80. The number of nitrogens with one attached hydrogen (secondary N) is 2. The van der Waals surface area contributed by atoms with Crippen LogP contribution in [0.15, 0.2) is 34.7 Å². The molecule has 0 saturated carbocycles. The van der Waals surface area contributed by atoms with Crippen molar-refractivity contribution >= 4 is 28.3 Å². The van der Waals surface area contributed by atoms with Gasteiger partial charge in [-0.1, -0.05) is 0 Å². The number of rotatable bonds is 2. The number of hydrogen-bond acceptors (Lipinski definition) is 4. The maximum absolute atomic E-state index is 13.9. The van der Waals surface area contributed by atoms with Gasteiger partial charge >= 0.3 is 0 Å². The van der Waals surface area contributed by atoms with Gasteiger partial charge < -0.3 is 14.6 Å². The second-order valence-corrected chi connectivity index (χ2v) is 7.54. The summed E-state index contributed by atoms with van der Waals surface area (Å²) in [7, 11) is 0. The van der Waals surface area contributed by atoms with E-state index in [1.54, 1.807) is 6.07 Å². The molecule has 7 heteroatoms. The highest BCUT2D eigenvalue weighted by Crippen LogP contribution is 2.39. The summed E-state index contributed by atoms with van der Waals surface area (Å²) in [4.78, 5) is 15.0. The van der Waals surface area contributed by atoms with Gasteiger partial charge in [-0.15, -0.1) is 0 Å². The van der Waals surface area contributed by atoms with Gasteiger partial charge in [0.05, 0.1) is 5.69 Å². The van der Waals surface area contributed by atoms with Crippen molar-refractivity contribution in [3.05, 3.63) is 64.2 Å². The summed E-state index contributed by atoms with van der Waals surface area (Å²) < 4.78 is 32.8. The lowest BCUT2D eigenvalue weighted by Crippen LogP contribution is -2.34. The van der Waals surface area contributed by atoms with E-state index in [2.05, 4.69) is 10.2 Å². The smallest absolute Gasteiger partial charge is 0.261 e. The van der Waals surface area contributed by atoms with Crippen LogP contribution in [0.4, 0.5) is 20.2 Å². The van der Waals surface area contributed by atoms with E-state index >= 15 is 0 Å². The molecule has 2 aromatic carbocycles. The number of amides is 1. The van der Waals surface area contributed by atoms with Crippen molar-refractivity contribution in [2.45, 2.75) is 25.7 Å². The van der Waals surface area contributed by atoms with E-state index in [0.717, 1.165) is 61.9 Å². The first-order chi connectivity index (χ1) is 14.0. The molecule has 2 N–H and O–H groups in total. The van der Waals surface area contributed by atoms with Crippen LogP contribution >= 0.6 is 0 Å². The van der Waals surface area contributed by atoms with Crippen LogP contribution < -0.4 is 15.8 Å². The number of benzene rings is 2. The summed E-state index contributed by atoms with van der Waals surface area (Å²) in [6.07, 6.45) is 3.97. The first kappa shape index (κ1) is 17.8. The molecule has 0 saturated heterocycles. The predicted octanol–water partition coefficient (Wildman–Crippen LogP) is 4.14. The zero-order valence-corrected chi connectivity index (χ0v) is 15.6. The lowest BCUT2D eigenvalue weighted by atomic mass is 9.90. The molecule has 0 fully saturated rings. The number of hydrogen-bond donors (Lipinski definition) is 2. The van der Waals surface area contributed by atoms with E-state index in [9.17, 15) is 13.6 Å². The van der Waals surface area contributed by atoms with Gasteiger partial charge in [-0.25, -0.2) is 8.78 Å². The lowest BCUT2D eigenvalue weighted by Gasteiger charge is -2.37. The van der Waals surface area contributed by atoms with Crippen LogP contribution in [0.5, 0.6) is 0 Å². The van der Waals surface area contributed by atoms with Crippen molar-refractivity contribution in [3.8, 4) is 0 Å². The molecule has 1 amide bonds. The van der Waals surface area contributed by atoms with E-state index in [4.69, 9.17) is 9.83 Å². The number of aryl methyl sites for hydroxylation is 2. The van der Waals surface area contributed by atoms with Crippen molar-refractivity contribution in [1.82, 2.24) is 0 Å². The normalized spacial score (nSPS) is 15.3.